The van der Waals surface area contributed by atoms with Crippen LogP contribution in [0, 0.1) is 11.3 Å². The Labute approximate surface area is 248 Å². The molecule has 2 heterocycles. The van der Waals surface area contributed by atoms with Gasteiger partial charge < -0.3 is 20.3 Å². The minimum Gasteiger partial charge on any atom is -0.497 e. The number of methoxy groups -OCH3 is 1. The van der Waals surface area contributed by atoms with E-state index in [9.17, 15) is 14.4 Å². The van der Waals surface area contributed by atoms with E-state index in [-0.39, 0.29) is 35.8 Å². The number of piperidine rings is 1. The first kappa shape index (κ1) is 31.0. The Morgan fingerprint density at radius 3 is 2.55 bits per heavy atom. The second kappa shape index (κ2) is 14.3. The van der Waals surface area contributed by atoms with Gasteiger partial charge in [-0.2, -0.15) is 0 Å². The molecule has 2 aromatic rings. The van der Waals surface area contributed by atoms with Gasteiger partial charge in [0.05, 0.1) is 13.2 Å². The van der Waals surface area contributed by atoms with Crippen molar-refractivity contribution in [2.75, 3.05) is 39.8 Å². The van der Waals surface area contributed by atoms with E-state index in [4.69, 9.17) is 10.1 Å². The molecule has 2 aromatic carbocycles. The number of carbonyl (C=O) groups excluding carboxylic acids is 3. The lowest BCUT2D eigenvalue weighted by Gasteiger charge is -2.33. The minimum absolute atomic E-state index is 0.00543. The molecule has 2 saturated heterocycles. The van der Waals surface area contributed by atoms with Crippen molar-refractivity contribution in [2.24, 2.45) is 5.92 Å². The smallest absolute Gasteiger partial charge is 0.219 e. The van der Waals surface area contributed by atoms with Crippen LogP contribution in [0.4, 0.5) is 0 Å². The van der Waals surface area contributed by atoms with Gasteiger partial charge in [-0.05, 0) is 72.6 Å². The predicted molar refractivity (Wildman–Crippen MR) is 163 cm³/mol. The molecule has 0 spiro atoms. The summed E-state index contributed by atoms with van der Waals surface area (Å²) in [5.41, 5.74) is 4.29. The van der Waals surface area contributed by atoms with Gasteiger partial charge in [-0.25, -0.2) is 0 Å². The van der Waals surface area contributed by atoms with E-state index in [1.165, 1.54) is 10.5 Å². The van der Waals surface area contributed by atoms with E-state index in [1.807, 2.05) is 30.0 Å². The molecule has 2 unspecified atom stereocenters. The molecule has 2 aliphatic heterocycles. The lowest BCUT2D eigenvalue weighted by Crippen LogP contribution is -2.45. The summed E-state index contributed by atoms with van der Waals surface area (Å²) in [5.74, 6) is 1.19. The Bertz CT molecular complexity index is 1280. The number of rotatable bonds is 10. The average Bonchev–Trinajstić information content (AvgIpc) is 3.42. The summed E-state index contributed by atoms with van der Waals surface area (Å²) in [5, 5.41) is 14.9. The molecule has 0 radical (unpaired) electrons. The van der Waals surface area contributed by atoms with Gasteiger partial charge in [0.1, 0.15) is 5.75 Å². The van der Waals surface area contributed by atoms with Gasteiger partial charge in [0.25, 0.3) is 0 Å². The zero-order valence-corrected chi connectivity index (χ0v) is 25.2. The Balaban J connectivity index is 1.43. The van der Waals surface area contributed by atoms with Crippen LogP contribution in [0.2, 0.25) is 0 Å². The molecule has 10 heteroatoms. The number of likely N-dealkylation sites (tertiary alicyclic amines) is 2. The third-order valence-corrected chi connectivity index (χ3v) is 8.37. The number of amides is 3. The molecule has 0 saturated carbocycles. The fourth-order valence-electron chi connectivity index (χ4n) is 5.95. The maximum Gasteiger partial charge on any atom is 0.219 e. The zero-order valence-electron chi connectivity index (χ0n) is 25.2. The van der Waals surface area contributed by atoms with E-state index >= 15 is 0 Å². The maximum atomic E-state index is 11.9. The van der Waals surface area contributed by atoms with E-state index < -0.39 is 0 Å². The molecule has 42 heavy (non-hydrogen) atoms. The molecule has 2 aliphatic rings. The molecule has 0 aliphatic carbocycles. The largest absolute Gasteiger partial charge is 0.497 e. The number of ether oxygens (including phenoxy) is 1. The van der Waals surface area contributed by atoms with Crippen LogP contribution >= 0.6 is 0 Å². The van der Waals surface area contributed by atoms with Crippen molar-refractivity contribution < 1.29 is 19.1 Å². The Kier molecular flexibility index (Phi) is 10.6. The monoisotopic (exact) mass is 576 g/mol. The Hall–Kier alpha value is -3.92. The number of guanidine groups is 1. The van der Waals surface area contributed by atoms with Gasteiger partial charge in [-0.3, -0.25) is 29.6 Å². The molecule has 3 amide bonds. The average molecular weight is 577 g/mol. The number of hydrogen-bond donors (Lipinski definition) is 3. The summed E-state index contributed by atoms with van der Waals surface area (Å²) in [7, 11) is 1.66. The van der Waals surface area contributed by atoms with E-state index in [0.717, 1.165) is 61.3 Å². The van der Waals surface area contributed by atoms with Crippen LogP contribution < -0.4 is 15.4 Å². The Morgan fingerprint density at radius 2 is 1.88 bits per heavy atom. The highest BCUT2D eigenvalue weighted by Gasteiger charge is 2.25. The SMILES string of the molecule is COc1ccc(CN2CCC(NC(C)=O)C2)c(-c2cccc(C(C)NC(=N)N(C=O)CC3CCN(C(C)=O)CC3)c2)c1. The standard InChI is InChI=1S/C32H44N6O4/c1-22(34-32(33)38(21-39)18-25-10-14-37(15-11-25)24(3)41)26-6-5-7-27(16-26)31-17-30(42-4)9-8-28(31)19-36-13-12-29(20-36)35-23(2)40/h5-9,16-17,21-22,25,29H,10-15,18-20H2,1-4H3,(H2,33,34)(H,35,40). The summed E-state index contributed by atoms with van der Waals surface area (Å²) in [6.07, 6.45) is 3.30. The van der Waals surface area contributed by atoms with Gasteiger partial charge in [0.2, 0.25) is 18.2 Å². The zero-order chi connectivity index (χ0) is 30.2. The van der Waals surface area contributed by atoms with E-state index in [0.29, 0.717) is 26.0 Å². The van der Waals surface area contributed by atoms with Crippen molar-refractivity contribution in [1.82, 2.24) is 25.3 Å². The van der Waals surface area contributed by atoms with Crippen LogP contribution in [0.5, 0.6) is 5.75 Å². The lowest BCUT2D eigenvalue weighted by molar-refractivity contribution is -0.130. The topological polar surface area (TPSA) is 118 Å². The maximum absolute atomic E-state index is 11.9. The highest BCUT2D eigenvalue weighted by Crippen LogP contribution is 2.31. The van der Waals surface area contributed by atoms with E-state index in [1.54, 1.807) is 21.0 Å². The number of nitrogens with one attached hydrogen (secondary N) is 3. The lowest BCUT2D eigenvalue weighted by atomic mass is 9.95. The van der Waals surface area contributed by atoms with Gasteiger partial charge in [-0.15, -0.1) is 0 Å². The first-order valence-corrected chi connectivity index (χ1v) is 14.8. The first-order valence-electron chi connectivity index (χ1n) is 14.8. The summed E-state index contributed by atoms with van der Waals surface area (Å²) >= 11 is 0. The highest BCUT2D eigenvalue weighted by molar-refractivity contribution is 5.86. The number of carbonyl (C=O) groups is 3. The number of hydrogen-bond acceptors (Lipinski definition) is 6. The molecule has 2 atom stereocenters. The van der Waals surface area contributed by atoms with Crippen LogP contribution in [0.25, 0.3) is 11.1 Å². The molecule has 10 nitrogen and oxygen atoms in total. The van der Waals surface area contributed by atoms with Crippen molar-refractivity contribution >= 4 is 24.2 Å². The Morgan fingerprint density at radius 1 is 1.12 bits per heavy atom. The summed E-state index contributed by atoms with van der Waals surface area (Å²) in [6.45, 7) is 9.47. The molecule has 3 N–H and O–H groups in total. The van der Waals surface area contributed by atoms with Crippen molar-refractivity contribution in [3.05, 3.63) is 53.6 Å². The summed E-state index contributed by atoms with van der Waals surface area (Å²) in [4.78, 5) is 40.7. The molecular weight excluding hydrogens is 532 g/mol. The normalized spacial score (nSPS) is 18.3. The number of nitrogens with zero attached hydrogens (tertiary/aromatic N) is 3. The van der Waals surface area contributed by atoms with Crippen molar-refractivity contribution in [3.63, 3.8) is 0 Å². The molecule has 0 aromatic heterocycles. The van der Waals surface area contributed by atoms with Gasteiger partial charge in [-0.1, -0.05) is 24.3 Å². The minimum atomic E-state index is -0.203. The van der Waals surface area contributed by atoms with Crippen LogP contribution in [-0.2, 0) is 20.9 Å². The van der Waals surface area contributed by atoms with Gasteiger partial charge in [0, 0.05) is 59.2 Å². The van der Waals surface area contributed by atoms with Crippen LogP contribution in [0.3, 0.4) is 0 Å². The molecule has 0 bridgehead atoms. The molecule has 4 rings (SSSR count). The van der Waals surface area contributed by atoms with Crippen LogP contribution in [0.15, 0.2) is 42.5 Å². The van der Waals surface area contributed by atoms with Gasteiger partial charge in [0.15, 0.2) is 5.96 Å². The predicted octanol–water partition coefficient (Wildman–Crippen LogP) is 3.37. The quantitative estimate of drug-likeness (QED) is 0.227. The first-order chi connectivity index (χ1) is 20.2. The molecule has 226 valence electrons. The fourth-order valence-corrected chi connectivity index (χ4v) is 5.95. The second-order valence-corrected chi connectivity index (χ2v) is 11.5. The summed E-state index contributed by atoms with van der Waals surface area (Å²) < 4.78 is 5.55. The fraction of sp³-hybridized carbons (Fsp3) is 0.500. The van der Waals surface area contributed by atoms with E-state index in [2.05, 4.69) is 39.8 Å². The van der Waals surface area contributed by atoms with Crippen LogP contribution in [0.1, 0.15) is 57.2 Å². The third kappa shape index (κ3) is 8.09. The van der Waals surface area contributed by atoms with Crippen molar-refractivity contribution in [2.45, 2.75) is 58.7 Å². The molecule has 2 fully saturated rings. The second-order valence-electron chi connectivity index (χ2n) is 11.5. The van der Waals surface area contributed by atoms with Crippen LogP contribution in [-0.4, -0.2) is 84.8 Å². The van der Waals surface area contributed by atoms with Gasteiger partial charge >= 0.3 is 0 Å². The highest BCUT2D eigenvalue weighted by atomic mass is 16.5. The van der Waals surface area contributed by atoms with Crippen molar-refractivity contribution in [1.29, 1.82) is 5.41 Å². The van der Waals surface area contributed by atoms with Crippen molar-refractivity contribution in [3.8, 4) is 16.9 Å². The third-order valence-electron chi connectivity index (χ3n) is 8.37. The molecular formula is C32H44N6O4. The number of benzene rings is 2. The summed E-state index contributed by atoms with van der Waals surface area (Å²) in [6, 6.07) is 14.3.